The molecule has 0 fully saturated rings. The second-order valence-corrected chi connectivity index (χ2v) is 2.34. The third-order valence-electron chi connectivity index (χ3n) is 1.49. The molecular weight excluding hydrogens is 174 g/mol. The Balaban J connectivity index is 3.00. The Kier molecular flexibility index (Phi) is 2.79. The van der Waals surface area contributed by atoms with Crippen LogP contribution >= 0.6 is 0 Å². The van der Waals surface area contributed by atoms with Gasteiger partial charge >= 0.3 is 5.97 Å². The van der Waals surface area contributed by atoms with Gasteiger partial charge in [0.2, 0.25) is 5.69 Å². The Morgan fingerprint density at radius 3 is 2.92 bits per heavy atom. The molecule has 13 heavy (non-hydrogen) atoms. The minimum absolute atomic E-state index is 0.0608. The number of esters is 1. The van der Waals surface area contributed by atoms with Gasteiger partial charge < -0.3 is 9.26 Å². The summed E-state index contributed by atoms with van der Waals surface area (Å²) in [7, 11) is 0. The predicted octanol–water partition coefficient (Wildman–Crippen LogP) is 0.972. The molecule has 0 spiro atoms. The molecule has 0 N–H and O–H groups in total. The molecule has 1 heterocycles. The van der Waals surface area contributed by atoms with Crippen LogP contribution in [-0.2, 0) is 4.74 Å². The number of aromatic nitrogens is 1. The van der Waals surface area contributed by atoms with E-state index in [2.05, 4.69) is 14.4 Å². The minimum Gasteiger partial charge on any atom is -0.461 e. The number of rotatable bonds is 3. The fourth-order valence-electron chi connectivity index (χ4n) is 0.865. The van der Waals surface area contributed by atoms with Crippen molar-refractivity contribution in [2.75, 3.05) is 6.61 Å². The maximum Gasteiger partial charge on any atom is 0.361 e. The zero-order valence-corrected chi connectivity index (χ0v) is 7.36. The minimum atomic E-state index is -0.638. The summed E-state index contributed by atoms with van der Waals surface area (Å²) < 4.78 is 9.34. The smallest absolute Gasteiger partial charge is 0.361 e. The van der Waals surface area contributed by atoms with Crippen molar-refractivity contribution in [2.45, 2.75) is 13.8 Å². The molecule has 5 heteroatoms. The van der Waals surface area contributed by atoms with Gasteiger partial charge in [0.1, 0.15) is 5.76 Å². The Morgan fingerprint density at radius 2 is 2.38 bits per heavy atom. The molecule has 0 bridgehead atoms. The monoisotopic (exact) mass is 183 g/mol. The first-order chi connectivity index (χ1) is 6.20. The van der Waals surface area contributed by atoms with Gasteiger partial charge in [-0.3, -0.25) is 4.79 Å². The number of aryl methyl sites for hydroxylation is 1. The number of aldehydes is 1. The predicted molar refractivity (Wildman–Crippen MR) is 42.6 cm³/mol. The van der Waals surface area contributed by atoms with E-state index in [-0.39, 0.29) is 17.9 Å². The molecule has 0 radical (unpaired) electrons. The van der Waals surface area contributed by atoms with E-state index < -0.39 is 5.97 Å². The van der Waals surface area contributed by atoms with Crippen molar-refractivity contribution in [1.82, 2.24) is 5.16 Å². The Morgan fingerprint density at radius 1 is 1.69 bits per heavy atom. The number of hydrogen-bond acceptors (Lipinski definition) is 5. The summed E-state index contributed by atoms with van der Waals surface area (Å²) >= 11 is 0. The van der Waals surface area contributed by atoms with Crippen LogP contribution < -0.4 is 0 Å². The average Bonchev–Trinajstić information content (AvgIpc) is 2.47. The lowest BCUT2D eigenvalue weighted by molar-refractivity contribution is 0.0512. The summed E-state index contributed by atoms with van der Waals surface area (Å²) in [6.45, 7) is 3.47. The van der Waals surface area contributed by atoms with E-state index in [1.165, 1.54) is 0 Å². The van der Waals surface area contributed by atoms with Gasteiger partial charge in [-0.15, -0.1) is 0 Å². The summed E-state index contributed by atoms with van der Waals surface area (Å²) in [6.07, 6.45) is 0.526. The van der Waals surface area contributed by atoms with Crippen molar-refractivity contribution in [3.8, 4) is 0 Å². The molecule has 1 rings (SSSR count). The topological polar surface area (TPSA) is 69.4 Å². The largest absolute Gasteiger partial charge is 0.461 e. The Hall–Kier alpha value is -1.65. The maximum atomic E-state index is 11.1. The lowest BCUT2D eigenvalue weighted by Crippen LogP contribution is -2.07. The number of nitrogens with zero attached hydrogens (tertiary/aromatic N) is 1. The molecule has 0 aliphatic heterocycles. The summed E-state index contributed by atoms with van der Waals surface area (Å²) in [4.78, 5) is 21.6. The van der Waals surface area contributed by atoms with Gasteiger partial charge in [0.05, 0.1) is 12.2 Å². The molecule has 0 atom stereocenters. The van der Waals surface area contributed by atoms with Crippen molar-refractivity contribution in [2.24, 2.45) is 0 Å². The van der Waals surface area contributed by atoms with Crippen LogP contribution in [0, 0.1) is 6.92 Å². The first-order valence-corrected chi connectivity index (χ1v) is 3.79. The highest BCUT2D eigenvalue weighted by Crippen LogP contribution is 2.11. The molecule has 70 valence electrons. The molecule has 0 saturated heterocycles. The fraction of sp³-hybridized carbons (Fsp3) is 0.375. The summed E-state index contributed by atoms with van der Waals surface area (Å²) in [5.74, 6) is -0.320. The molecule has 1 aromatic heterocycles. The van der Waals surface area contributed by atoms with Crippen molar-refractivity contribution in [1.29, 1.82) is 0 Å². The van der Waals surface area contributed by atoms with Crippen LogP contribution in [0.25, 0.3) is 0 Å². The number of carbonyl (C=O) groups excluding carboxylic acids is 2. The lowest BCUT2D eigenvalue weighted by Gasteiger charge is -1.96. The molecule has 0 aliphatic rings. The van der Waals surface area contributed by atoms with E-state index in [0.717, 1.165) is 0 Å². The average molecular weight is 183 g/mol. The highest BCUT2D eigenvalue weighted by molar-refractivity contribution is 5.96. The molecular formula is C8H9NO4. The number of hydrogen-bond donors (Lipinski definition) is 0. The van der Waals surface area contributed by atoms with E-state index >= 15 is 0 Å². The van der Waals surface area contributed by atoms with Crippen molar-refractivity contribution in [3.05, 3.63) is 17.0 Å². The number of ether oxygens (including phenoxy) is 1. The van der Waals surface area contributed by atoms with Crippen LogP contribution in [0.15, 0.2) is 4.52 Å². The number of carbonyl (C=O) groups is 2. The fourth-order valence-corrected chi connectivity index (χ4v) is 0.865. The molecule has 0 amide bonds. The van der Waals surface area contributed by atoms with Crippen LogP contribution in [0.5, 0.6) is 0 Å². The van der Waals surface area contributed by atoms with Crippen LogP contribution in [0.3, 0.4) is 0 Å². The first-order valence-electron chi connectivity index (χ1n) is 3.79. The Bertz CT molecular complexity index is 329. The van der Waals surface area contributed by atoms with E-state index in [1.54, 1.807) is 13.8 Å². The summed E-state index contributed by atoms with van der Waals surface area (Å²) in [5, 5.41) is 3.42. The van der Waals surface area contributed by atoms with Crippen LogP contribution in [-0.4, -0.2) is 24.0 Å². The Labute approximate surface area is 74.7 Å². The maximum absolute atomic E-state index is 11.1. The van der Waals surface area contributed by atoms with E-state index in [4.69, 9.17) is 0 Å². The van der Waals surface area contributed by atoms with Crippen molar-refractivity contribution >= 4 is 12.3 Å². The van der Waals surface area contributed by atoms with E-state index in [1.807, 2.05) is 0 Å². The third-order valence-corrected chi connectivity index (χ3v) is 1.49. The van der Waals surface area contributed by atoms with Crippen LogP contribution in [0.4, 0.5) is 0 Å². The lowest BCUT2D eigenvalue weighted by atomic mass is 10.2. The van der Waals surface area contributed by atoms with Gasteiger partial charge in [-0.25, -0.2) is 4.79 Å². The van der Waals surface area contributed by atoms with Gasteiger partial charge in [0.25, 0.3) is 0 Å². The zero-order chi connectivity index (χ0) is 9.84. The molecule has 0 unspecified atom stereocenters. The molecule has 5 nitrogen and oxygen atoms in total. The van der Waals surface area contributed by atoms with Gasteiger partial charge in [0.15, 0.2) is 6.29 Å². The van der Waals surface area contributed by atoms with Gasteiger partial charge in [-0.05, 0) is 13.8 Å². The second kappa shape index (κ2) is 3.84. The third kappa shape index (κ3) is 1.74. The first kappa shape index (κ1) is 9.44. The normalized spacial score (nSPS) is 9.69. The molecule has 0 saturated carbocycles. The van der Waals surface area contributed by atoms with Gasteiger partial charge in [-0.1, -0.05) is 5.16 Å². The van der Waals surface area contributed by atoms with Crippen molar-refractivity contribution in [3.63, 3.8) is 0 Å². The SMILES string of the molecule is CCOC(=O)c1noc(C)c1C=O. The standard InChI is InChI=1S/C8H9NO4/c1-3-12-8(11)7-6(4-10)5(2)13-9-7/h4H,3H2,1-2H3. The quantitative estimate of drug-likeness (QED) is 0.515. The van der Waals surface area contributed by atoms with Crippen LogP contribution in [0.2, 0.25) is 0 Å². The van der Waals surface area contributed by atoms with E-state index in [0.29, 0.717) is 12.0 Å². The van der Waals surface area contributed by atoms with E-state index in [9.17, 15) is 9.59 Å². The molecule has 0 aromatic carbocycles. The van der Waals surface area contributed by atoms with Gasteiger partial charge in [0, 0.05) is 0 Å². The summed E-state index contributed by atoms with van der Waals surface area (Å²) in [5.41, 5.74) is 0.0906. The highest BCUT2D eigenvalue weighted by atomic mass is 16.5. The zero-order valence-electron chi connectivity index (χ0n) is 7.36. The van der Waals surface area contributed by atoms with Crippen LogP contribution in [0.1, 0.15) is 33.5 Å². The molecule has 1 aromatic rings. The van der Waals surface area contributed by atoms with Gasteiger partial charge in [-0.2, -0.15) is 0 Å². The molecule has 0 aliphatic carbocycles. The summed E-state index contributed by atoms with van der Waals surface area (Å²) in [6, 6.07) is 0. The second-order valence-electron chi connectivity index (χ2n) is 2.34. The van der Waals surface area contributed by atoms with Crippen molar-refractivity contribution < 1.29 is 18.8 Å². The highest BCUT2D eigenvalue weighted by Gasteiger charge is 2.19.